The van der Waals surface area contributed by atoms with Crippen LogP contribution in [-0.2, 0) is 17.8 Å². The molecule has 0 saturated carbocycles. The number of amides is 1. The van der Waals surface area contributed by atoms with E-state index in [1.54, 1.807) is 6.07 Å². The van der Waals surface area contributed by atoms with Crippen LogP contribution in [0.25, 0.3) is 22.4 Å². The number of carbonyl (C=O) groups is 1. The summed E-state index contributed by atoms with van der Waals surface area (Å²) < 4.78 is 7.45. The molecule has 4 rings (SSSR count). The summed E-state index contributed by atoms with van der Waals surface area (Å²) in [6, 6.07) is 15.2. The van der Waals surface area contributed by atoms with Crippen LogP contribution in [0.15, 0.2) is 68.6 Å². The minimum absolute atomic E-state index is 0.0817. The normalized spacial score (nSPS) is 11.0. The minimum Gasteiger partial charge on any atom is -0.348 e. The van der Waals surface area contributed by atoms with Gasteiger partial charge in [0.1, 0.15) is 11.2 Å². The van der Waals surface area contributed by atoms with Crippen molar-refractivity contribution < 1.29 is 9.32 Å². The highest BCUT2D eigenvalue weighted by Crippen LogP contribution is 2.25. The van der Waals surface area contributed by atoms with Gasteiger partial charge in [-0.1, -0.05) is 48.5 Å². The van der Waals surface area contributed by atoms with E-state index in [9.17, 15) is 9.59 Å². The summed E-state index contributed by atoms with van der Waals surface area (Å²) in [5, 5.41) is 6.86. The molecule has 0 saturated heterocycles. The summed E-state index contributed by atoms with van der Waals surface area (Å²) in [6.45, 7) is 2.27. The van der Waals surface area contributed by atoms with Crippen LogP contribution < -0.4 is 10.9 Å². The molecule has 2 heterocycles. The van der Waals surface area contributed by atoms with Gasteiger partial charge in [-0.3, -0.25) is 14.2 Å². The molecule has 30 heavy (non-hydrogen) atoms. The number of nitrogens with one attached hydrogen (secondary N) is 1. The first-order valence-corrected chi connectivity index (χ1v) is 10.3. The van der Waals surface area contributed by atoms with E-state index >= 15 is 0 Å². The van der Waals surface area contributed by atoms with Gasteiger partial charge in [-0.25, -0.2) is 4.98 Å². The number of para-hydroxylation sites is 1. The molecule has 7 nitrogen and oxygen atoms in total. The third-order valence-corrected chi connectivity index (χ3v) is 5.50. The van der Waals surface area contributed by atoms with Gasteiger partial charge in [0.2, 0.25) is 5.91 Å². The van der Waals surface area contributed by atoms with E-state index in [1.165, 1.54) is 16.5 Å². The van der Waals surface area contributed by atoms with Crippen molar-refractivity contribution in [1.29, 1.82) is 0 Å². The topological polar surface area (TPSA) is 90.0 Å². The third kappa shape index (κ3) is 4.04. The minimum atomic E-state index is -0.363. The number of halogens is 1. The van der Waals surface area contributed by atoms with Crippen LogP contribution in [0.1, 0.15) is 18.9 Å². The zero-order chi connectivity index (χ0) is 21.1. The second-order valence-electron chi connectivity index (χ2n) is 6.78. The molecule has 0 spiro atoms. The summed E-state index contributed by atoms with van der Waals surface area (Å²) in [4.78, 5) is 29.4. The smallest absolute Gasteiger partial charge is 0.299 e. The molecule has 0 atom stereocenters. The number of hydrogen-bond acceptors (Lipinski definition) is 5. The second kappa shape index (κ2) is 8.62. The van der Waals surface area contributed by atoms with Crippen LogP contribution >= 0.6 is 15.9 Å². The van der Waals surface area contributed by atoms with E-state index in [2.05, 4.69) is 38.3 Å². The predicted octanol–water partition coefficient (Wildman–Crippen LogP) is 4.41. The number of nitrogens with zero attached hydrogens (tertiary/aromatic N) is 3. The molecular weight excluding hydrogens is 448 g/mol. The molecule has 0 fully saturated rings. The van der Waals surface area contributed by atoms with Gasteiger partial charge >= 0.3 is 0 Å². The van der Waals surface area contributed by atoms with Crippen molar-refractivity contribution in [2.24, 2.45) is 0 Å². The number of fused-ring (bicyclic) bond motifs is 1. The summed E-state index contributed by atoms with van der Waals surface area (Å²) in [6.07, 6.45) is 2.49. The lowest BCUT2D eigenvalue weighted by molar-refractivity contribution is -0.116. The fourth-order valence-corrected chi connectivity index (χ4v) is 3.48. The number of rotatable bonds is 6. The Morgan fingerprint density at radius 2 is 1.93 bits per heavy atom. The second-order valence-corrected chi connectivity index (χ2v) is 7.63. The molecule has 152 valence electrons. The maximum absolute atomic E-state index is 12.7. The van der Waals surface area contributed by atoms with Gasteiger partial charge in [-0.15, -0.1) is 0 Å². The first kappa shape index (κ1) is 20.0. The van der Waals surface area contributed by atoms with Crippen molar-refractivity contribution in [2.75, 3.05) is 5.32 Å². The summed E-state index contributed by atoms with van der Waals surface area (Å²) in [5.74, 6) is -0.205. The number of benzene rings is 2. The summed E-state index contributed by atoms with van der Waals surface area (Å²) in [5.41, 5.74) is 3.39. The van der Waals surface area contributed by atoms with Crippen molar-refractivity contribution in [1.82, 2.24) is 14.7 Å². The van der Waals surface area contributed by atoms with Crippen molar-refractivity contribution >= 4 is 38.6 Å². The molecule has 0 radical (unpaired) electrons. The van der Waals surface area contributed by atoms with Crippen LogP contribution in [0.2, 0.25) is 0 Å². The van der Waals surface area contributed by atoms with Crippen LogP contribution in [0.5, 0.6) is 0 Å². The van der Waals surface area contributed by atoms with Crippen molar-refractivity contribution in [3.05, 3.63) is 75.2 Å². The maximum atomic E-state index is 12.7. The molecule has 8 heteroatoms. The number of aromatic nitrogens is 3. The Bertz CT molecular complexity index is 1260. The van der Waals surface area contributed by atoms with Crippen LogP contribution in [-0.4, -0.2) is 20.6 Å². The third-order valence-electron chi connectivity index (χ3n) is 4.81. The largest absolute Gasteiger partial charge is 0.348 e. The monoisotopic (exact) mass is 466 g/mol. The highest BCUT2D eigenvalue weighted by atomic mass is 79.9. The SMILES string of the molecule is CCc1ccc(-c2noc3c(=O)n(CCC(=O)Nc4ccccc4Br)cnc23)cc1. The lowest BCUT2D eigenvalue weighted by Crippen LogP contribution is -2.23. The number of hydrogen-bond donors (Lipinski definition) is 1. The molecule has 0 aliphatic heterocycles. The Morgan fingerprint density at radius 3 is 2.67 bits per heavy atom. The highest BCUT2D eigenvalue weighted by molar-refractivity contribution is 9.10. The molecule has 2 aromatic heterocycles. The van der Waals surface area contributed by atoms with Gasteiger partial charge in [0.25, 0.3) is 11.1 Å². The van der Waals surface area contributed by atoms with Gasteiger partial charge in [0.15, 0.2) is 0 Å². The Kier molecular flexibility index (Phi) is 5.76. The number of aryl methyl sites for hydroxylation is 2. The Hall–Kier alpha value is -3.26. The number of carbonyl (C=O) groups excluding carboxylic acids is 1. The number of anilines is 1. The standard InChI is InChI=1S/C22H19BrN4O3/c1-2-14-7-9-15(10-8-14)19-20-21(30-26-19)22(29)27(13-24-20)12-11-18(28)25-17-6-4-3-5-16(17)23/h3-10,13H,2,11-12H2,1H3,(H,25,28). The van der Waals surface area contributed by atoms with Crippen LogP contribution in [0.4, 0.5) is 5.69 Å². The lowest BCUT2D eigenvalue weighted by atomic mass is 10.1. The molecule has 0 aliphatic rings. The fraction of sp³-hybridized carbons (Fsp3) is 0.182. The molecule has 4 aromatic rings. The average Bonchev–Trinajstić information content (AvgIpc) is 3.20. The van der Waals surface area contributed by atoms with E-state index in [0.29, 0.717) is 16.9 Å². The molecule has 0 unspecified atom stereocenters. The van der Waals surface area contributed by atoms with Gasteiger partial charge in [0.05, 0.1) is 12.0 Å². The maximum Gasteiger partial charge on any atom is 0.299 e. The fourth-order valence-electron chi connectivity index (χ4n) is 3.10. The van der Waals surface area contributed by atoms with Crippen molar-refractivity contribution in [3.63, 3.8) is 0 Å². The van der Waals surface area contributed by atoms with Gasteiger partial charge in [0, 0.05) is 23.0 Å². The first-order valence-electron chi connectivity index (χ1n) is 9.55. The highest BCUT2D eigenvalue weighted by Gasteiger charge is 2.17. The zero-order valence-electron chi connectivity index (χ0n) is 16.3. The van der Waals surface area contributed by atoms with E-state index < -0.39 is 0 Å². The lowest BCUT2D eigenvalue weighted by Gasteiger charge is -2.08. The predicted molar refractivity (Wildman–Crippen MR) is 118 cm³/mol. The zero-order valence-corrected chi connectivity index (χ0v) is 17.8. The van der Waals surface area contributed by atoms with Crippen molar-refractivity contribution in [3.8, 4) is 11.3 Å². The van der Waals surface area contributed by atoms with E-state index in [-0.39, 0.29) is 30.0 Å². The molecule has 1 N–H and O–H groups in total. The average molecular weight is 467 g/mol. The molecule has 1 amide bonds. The van der Waals surface area contributed by atoms with Gasteiger partial charge in [-0.2, -0.15) is 0 Å². The summed E-state index contributed by atoms with van der Waals surface area (Å²) in [7, 11) is 0. The summed E-state index contributed by atoms with van der Waals surface area (Å²) >= 11 is 3.39. The molecular formula is C22H19BrN4O3. The Balaban J connectivity index is 1.52. The quantitative estimate of drug-likeness (QED) is 0.454. The van der Waals surface area contributed by atoms with Crippen LogP contribution in [0.3, 0.4) is 0 Å². The van der Waals surface area contributed by atoms with Crippen LogP contribution in [0, 0.1) is 0 Å². The van der Waals surface area contributed by atoms with Gasteiger partial charge < -0.3 is 9.84 Å². The Labute approximate surface area is 180 Å². The van der Waals surface area contributed by atoms with E-state index in [4.69, 9.17) is 4.52 Å². The Morgan fingerprint density at radius 1 is 1.17 bits per heavy atom. The molecule has 0 bridgehead atoms. The molecule has 0 aliphatic carbocycles. The molecule has 2 aromatic carbocycles. The van der Waals surface area contributed by atoms with E-state index in [1.807, 2.05) is 42.5 Å². The first-order chi connectivity index (χ1) is 14.6. The van der Waals surface area contributed by atoms with Gasteiger partial charge in [-0.05, 0) is 40.0 Å². The van der Waals surface area contributed by atoms with Crippen molar-refractivity contribution in [2.45, 2.75) is 26.3 Å². The van der Waals surface area contributed by atoms with E-state index in [0.717, 1.165) is 16.5 Å².